The van der Waals surface area contributed by atoms with E-state index in [1.54, 1.807) is 12.1 Å². The summed E-state index contributed by atoms with van der Waals surface area (Å²) in [6, 6.07) is 9.22. The molecule has 1 unspecified atom stereocenters. The van der Waals surface area contributed by atoms with Gasteiger partial charge in [-0.3, -0.25) is 9.00 Å². The topological polar surface area (TPSA) is 43.4 Å². The highest BCUT2D eigenvalue weighted by Gasteiger charge is 2.23. The summed E-state index contributed by atoms with van der Waals surface area (Å²) in [7, 11) is -0.691. The summed E-state index contributed by atoms with van der Waals surface area (Å²) >= 11 is 1.89. The maximum Gasteiger partial charge on any atom is 0.311 e. The van der Waals surface area contributed by atoms with Gasteiger partial charge in [-0.2, -0.15) is 11.8 Å². The zero-order valence-electron chi connectivity index (χ0n) is 17.6. The van der Waals surface area contributed by atoms with Crippen molar-refractivity contribution in [3.05, 3.63) is 30.3 Å². The lowest BCUT2D eigenvalue weighted by molar-refractivity contribution is -0.136. The Hall–Kier alpha value is -0.810. The number of benzene rings is 1. The summed E-state index contributed by atoms with van der Waals surface area (Å²) in [4.78, 5) is 12.1. The third kappa shape index (κ3) is 13.1. The predicted molar refractivity (Wildman–Crippen MR) is 119 cm³/mol. The minimum Gasteiger partial charge on any atom is -0.427 e. The van der Waals surface area contributed by atoms with E-state index in [1.807, 2.05) is 30.0 Å². The highest BCUT2D eigenvalue weighted by atomic mass is 32.2. The standard InChI is InChI=1S/C22H36O3S2/c1-21(2,3)13-17-27(24)16-9-14-26-15-12-22(4,5)18-20(23)25-19-10-7-6-8-11-19/h6-8,10-11H,9,12-18H2,1-5H3. The van der Waals surface area contributed by atoms with Gasteiger partial charge in [-0.05, 0) is 53.7 Å². The van der Waals surface area contributed by atoms with Crippen LogP contribution in [0.3, 0.4) is 0 Å². The van der Waals surface area contributed by atoms with E-state index in [2.05, 4.69) is 34.6 Å². The first-order valence-corrected chi connectivity index (χ1v) is 12.4. The number of esters is 1. The van der Waals surface area contributed by atoms with Crippen molar-refractivity contribution in [2.45, 2.75) is 60.3 Å². The van der Waals surface area contributed by atoms with E-state index in [4.69, 9.17) is 4.74 Å². The molecule has 0 saturated carbocycles. The number of thioether (sulfide) groups is 1. The molecule has 0 aromatic heterocycles. The Bertz CT molecular complexity index is 577. The molecule has 154 valence electrons. The number of ether oxygens (including phenoxy) is 1. The lowest BCUT2D eigenvalue weighted by atomic mass is 9.86. The van der Waals surface area contributed by atoms with Crippen LogP contribution in [0.15, 0.2) is 30.3 Å². The minimum absolute atomic E-state index is 0.0750. The fraction of sp³-hybridized carbons (Fsp3) is 0.682. The Morgan fingerprint density at radius 3 is 2.30 bits per heavy atom. The third-order valence-electron chi connectivity index (χ3n) is 4.26. The summed E-state index contributed by atoms with van der Waals surface area (Å²) in [5, 5.41) is 0. The minimum atomic E-state index is -0.691. The number of carbonyl (C=O) groups excluding carboxylic acids is 1. The maximum absolute atomic E-state index is 12.1. The Morgan fingerprint density at radius 1 is 1.00 bits per heavy atom. The van der Waals surface area contributed by atoms with Gasteiger partial charge in [0.05, 0.1) is 6.42 Å². The predicted octanol–water partition coefficient (Wildman–Crippen LogP) is 5.71. The lowest BCUT2D eigenvalue weighted by Gasteiger charge is -2.23. The van der Waals surface area contributed by atoms with E-state index >= 15 is 0 Å². The Morgan fingerprint density at radius 2 is 1.67 bits per heavy atom. The van der Waals surface area contributed by atoms with Crippen LogP contribution in [0.25, 0.3) is 0 Å². The van der Waals surface area contributed by atoms with Crippen LogP contribution in [-0.2, 0) is 15.6 Å². The van der Waals surface area contributed by atoms with Gasteiger partial charge >= 0.3 is 5.97 Å². The molecule has 0 aliphatic heterocycles. The molecular weight excluding hydrogens is 376 g/mol. The molecule has 1 aromatic rings. The first-order valence-electron chi connectivity index (χ1n) is 9.76. The number of carbonyl (C=O) groups is 1. The zero-order chi connectivity index (χ0) is 20.3. The molecule has 0 heterocycles. The number of para-hydroxylation sites is 1. The van der Waals surface area contributed by atoms with Gasteiger partial charge in [0, 0.05) is 22.3 Å². The van der Waals surface area contributed by atoms with Gasteiger partial charge in [0.25, 0.3) is 0 Å². The van der Waals surface area contributed by atoms with E-state index in [9.17, 15) is 9.00 Å². The number of hydrogen-bond donors (Lipinski definition) is 0. The summed E-state index contributed by atoms with van der Waals surface area (Å²) in [6.07, 6.45) is 3.39. The van der Waals surface area contributed by atoms with Crippen LogP contribution in [0.1, 0.15) is 60.3 Å². The third-order valence-corrected chi connectivity index (χ3v) is 6.74. The Kier molecular flexibility index (Phi) is 10.7. The molecule has 27 heavy (non-hydrogen) atoms. The molecule has 5 heteroatoms. The van der Waals surface area contributed by atoms with Crippen molar-refractivity contribution >= 4 is 28.5 Å². The Labute approximate surface area is 172 Å². The van der Waals surface area contributed by atoms with E-state index in [0.29, 0.717) is 12.2 Å². The molecule has 1 aromatic carbocycles. The fourth-order valence-corrected chi connectivity index (χ4v) is 5.37. The van der Waals surface area contributed by atoms with E-state index in [-0.39, 0.29) is 16.8 Å². The summed E-state index contributed by atoms with van der Waals surface area (Å²) < 4.78 is 17.4. The van der Waals surface area contributed by atoms with Gasteiger partial charge < -0.3 is 4.74 Å². The van der Waals surface area contributed by atoms with Gasteiger partial charge in [-0.25, -0.2) is 0 Å². The Balaban J connectivity index is 2.14. The van der Waals surface area contributed by atoms with Crippen LogP contribution >= 0.6 is 11.8 Å². The van der Waals surface area contributed by atoms with Crippen LogP contribution in [-0.4, -0.2) is 33.2 Å². The van der Waals surface area contributed by atoms with Gasteiger partial charge in [0.15, 0.2) is 0 Å². The summed E-state index contributed by atoms with van der Waals surface area (Å²) in [5.74, 6) is 4.09. The van der Waals surface area contributed by atoms with E-state index < -0.39 is 10.8 Å². The average Bonchev–Trinajstić information content (AvgIpc) is 2.55. The monoisotopic (exact) mass is 412 g/mol. The van der Waals surface area contributed by atoms with Gasteiger partial charge in [-0.15, -0.1) is 0 Å². The molecule has 1 atom stereocenters. The van der Waals surface area contributed by atoms with Gasteiger partial charge in [-0.1, -0.05) is 52.8 Å². The highest BCUT2D eigenvalue weighted by Crippen LogP contribution is 2.28. The molecule has 0 aliphatic rings. The van der Waals surface area contributed by atoms with Crippen molar-refractivity contribution in [3.63, 3.8) is 0 Å². The largest absolute Gasteiger partial charge is 0.427 e. The normalized spacial score (nSPS) is 13.4. The van der Waals surface area contributed by atoms with Crippen molar-refractivity contribution in [1.29, 1.82) is 0 Å². The summed E-state index contributed by atoms with van der Waals surface area (Å²) in [5.41, 5.74) is 0.187. The van der Waals surface area contributed by atoms with Crippen molar-refractivity contribution in [2.75, 3.05) is 23.0 Å². The first kappa shape index (κ1) is 24.2. The van der Waals surface area contributed by atoms with Crippen molar-refractivity contribution in [2.24, 2.45) is 10.8 Å². The van der Waals surface area contributed by atoms with E-state index in [1.165, 1.54) is 0 Å². The average molecular weight is 413 g/mol. The van der Waals surface area contributed by atoms with Crippen LogP contribution in [0.4, 0.5) is 0 Å². The maximum atomic E-state index is 12.1. The molecular formula is C22H36O3S2. The van der Waals surface area contributed by atoms with Crippen LogP contribution in [0.2, 0.25) is 0 Å². The lowest BCUT2D eigenvalue weighted by Crippen LogP contribution is -2.21. The second-order valence-corrected chi connectivity index (χ2v) is 11.9. The smallest absolute Gasteiger partial charge is 0.311 e. The molecule has 0 fully saturated rings. The van der Waals surface area contributed by atoms with Crippen LogP contribution in [0, 0.1) is 10.8 Å². The quantitative estimate of drug-likeness (QED) is 0.251. The molecule has 0 amide bonds. The van der Waals surface area contributed by atoms with Crippen LogP contribution in [0.5, 0.6) is 5.75 Å². The molecule has 0 radical (unpaired) electrons. The molecule has 1 rings (SSSR count). The van der Waals surface area contributed by atoms with Crippen LogP contribution < -0.4 is 4.74 Å². The second kappa shape index (κ2) is 11.9. The second-order valence-electron chi connectivity index (χ2n) is 9.00. The van der Waals surface area contributed by atoms with Gasteiger partial charge in [0.1, 0.15) is 5.75 Å². The van der Waals surface area contributed by atoms with Gasteiger partial charge in [0.2, 0.25) is 0 Å². The molecule has 0 saturated heterocycles. The highest BCUT2D eigenvalue weighted by molar-refractivity contribution is 7.99. The zero-order valence-corrected chi connectivity index (χ0v) is 19.2. The molecule has 0 spiro atoms. The number of rotatable bonds is 12. The first-order chi connectivity index (χ1) is 12.6. The summed E-state index contributed by atoms with van der Waals surface area (Å²) in [6.45, 7) is 10.8. The fourth-order valence-electron chi connectivity index (χ4n) is 2.43. The number of hydrogen-bond acceptors (Lipinski definition) is 4. The molecule has 0 N–H and O–H groups in total. The van der Waals surface area contributed by atoms with Crippen molar-refractivity contribution in [1.82, 2.24) is 0 Å². The molecule has 0 aliphatic carbocycles. The molecule has 3 nitrogen and oxygen atoms in total. The van der Waals surface area contributed by atoms with E-state index in [0.717, 1.165) is 42.3 Å². The van der Waals surface area contributed by atoms with Crippen molar-refractivity contribution < 1.29 is 13.7 Å². The van der Waals surface area contributed by atoms with Crippen molar-refractivity contribution in [3.8, 4) is 5.75 Å². The SMILES string of the molecule is CC(C)(C)CCS(=O)CCCSCCC(C)(C)CC(=O)Oc1ccccc1. The molecule has 0 bridgehead atoms.